The van der Waals surface area contributed by atoms with Crippen molar-refractivity contribution in [2.75, 3.05) is 10.6 Å². The van der Waals surface area contributed by atoms with Crippen molar-refractivity contribution >= 4 is 22.9 Å². The molecule has 0 bridgehead atoms. The fourth-order valence-corrected chi connectivity index (χ4v) is 4.52. The molecule has 0 spiro atoms. The number of nitrogens with zero attached hydrogens (tertiary/aromatic N) is 4. The maximum absolute atomic E-state index is 10.4. The molecule has 0 unspecified atom stereocenters. The molecule has 8 nitrogen and oxygen atoms in total. The minimum absolute atomic E-state index is 0.285. The molecule has 1 aliphatic rings. The van der Waals surface area contributed by atoms with Gasteiger partial charge in [-0.1, -0.05) is 48.5 Å². The number of aromatic nitrogens is 4. The SMILES string of the molecule is Cc1cccc(CNc2nc(NC3CCC(N)CC3)nc3c2ncn3Cc2ccccc2)c1O. The summed E-state index contributed by atoms with van der Waals surface area (Å²) in [4.78, 5) is 14.3. The van der Waals surface area contributed by atoms with Crippen LogP contribution in [0.1, 0.15) is 42.4 Å². The smallest absolute Gasteiger partial charge is 0.227 e. The highest BCUT2D eigenvalue weighted by Crippen LogP contribution is 2.27. The normalized spacial score (nSPS) is 18.2. The van der Waals surface area contributed by atoms with Gasteiger partial charge in [0.05, 0.1) is 12.9 Å². The van der Waals surface area contributed by atoms with Gasteiger partial charge in [0.15, 0.2) is 17.0 Å². The number of phenols is 1. The van der Waals surface area contributed by atoms with Crippen LogP contribution in [0.25, 0.3) is 11.2 Å². The van der Waals surface area contributed by atoms with Gasteiger partial charge >= 0.3 is 0 Å². The van der Waals surface area contributed by atoms with Gasteiger partial charge in [-0.15, -0.1) is 0 Å². The minimum atomic E-state index is 0.285. The molecule has 2 aromatic heterocycles. The van der Waals surface area contributed by atoms with Crippen LogP contribution in [0.3, 0.4) is 0 Å². The second-order valence-corrected chi connectivity index (χ2v) is 9.12. The second-order valence-electron chi connectivity index (χ2n) is 9.12. The van der Waals surface area contributed by atoms with E-state index in [-0.39, 0.29) is 6.04 Å². The van der Waals surface area contributed by atoms with Crippen LogP contribution in [0.2, 0.25) is 0 Å². The zero-order valence-electron chi connectivity index (χ0n) is 19.4. The predicted octanol–water partition coefficient (Wildman–Crippen LogP) is 4.18. The van der Waals surface area contributed by atoms with Gasteiger partial charge in [0.2, 0.25) is 5.95 Å². The van der Waals surface area contributed by atoms with Crippen molar-refractivity contribution in [1.29, 1.82) is 0 Å². The molecule has 0 saturated heterocycles. The van der Waals surface area contributed by atoms with Crippen LogP contribution in [0.5, 0.6) is 5.75 Å². The lowest BCUT2D eigenvalue weighted by Gasteiger charge is -2.26. The number of hydrogen-bond acceptors (Lipinski definition) is 7. The number of fused-ring (bicyclic) bond motifs is 1. The summed E-state index contributed by atoms with van der Waals surface area (Å²) in [5, 5.41) is 17.3. The fraction of sp³-hybridized carbons (Fsp3) is 0.346. The Morgan fingerprint density at radius 3 is 2.62 bits per heavy atom. The van der Waals surface area contributed by atoms with Gasteiger partial charge in [0.25, 0.3) is 0 Å². The third-order valence-corrected chi connectivity index (χ3v) is 6.53. The van der Waals surface area contributed by atoms with E-state index in [1.54, 1.807) is 0 Å². The van der Waals surface area contributed by atoms with Crippen LogP contribution in [0.4, 0.5) is 11.8 Å². The number of rotatable bonds is 7. The highest BCUT2D eigenvalue weighted by atomic mass is 16.3. The van der Waals surface area contributed by atoms with Gasteiger partial charge in [0.1, 0.15) is 5.75 Å². The van der Waals surface area contributed by atoms with Crippen LogP contribution in [-0.4, -0.2) is 36.7 Å². The number of benzene rings is 2. The van der Waals surface area contributed by atoms with Crippen molar-refractivity contribution in [3.63, 3.8) is 0 Å². The molecule has 0 aliphatic heterocycles. The zero-order valence-corrected chi connectivity index (χ0v) is 19.4. The Bertz CT molecular complexity index is 1260. The van der Waals surface area contributed by atoms with E-state index >= 15 is 0 Å². The Labute approximate surface area is 199 Å². The molecule has 1 aliphatic carbocycles. The highest BCUT2D eigenvalue weighted by Gasteiger charge is 2.21. The molecule has 5 rings (SSSR count). The molecule has 2 aromatic carbocycles. The standard InChI is InChI=1S/C26H31N7O/c1-17-6-5-9-19(23(17)34)14-28-24-22-25(33(16-29-22)15-18-7-3-2-4-8-18)32-26(31-24)30-21-12-10-20(27)11-13-21/h2-9,16,20-21,34H,10-15,27H2,1H3,(H2,28,30,31,32). The quantitative estimate of drug-likeness (QED) is 0.329. The van der Waals surface area contributed by atoms with Crippen molar-refractivity contribution < 1.29 is 5.11 Å². The number of imidazole rings is 1. The molecule has 1 fully saturated rings. The molecular formula is C26H31N7O. The average Bonchev–Trinajstić information content (AvgIpc) is 3.24. The van der Waals surface area contributed by atoms with E-state index in [2.05, 4.69) is 27.8 Å². The summed E-state index contributed by atoms with van der Waals surface area (Å²) in [7, 11) is 0. The van der Waals surface area contributed by atoms with Crippen LogP contribution in [0, 0.1) is 6.92 Å². The first-order chi connectivity index (χ1) is 16.6. The van der Waals surface area contributed by atoms with E-state index in [1.165, 1.54) is 5.56 Å². The van der Waals surface area contributed by atoms with E-state index < -0.39 is 0 Å². The first-order valence-corrected chi connectivity index (χ1v) is 11.9. The molecule has 0 amide bonds. The van der Waals surface area contributed by atoms with E-state index in [0.29, 0.717) is 42.2 Å². The fourth-order valence-electron chi connectivity index (χ4n) is 4.52. The van der Waals surface area contributed by atoms with Crippen LogP contribution in [-0.2, 0) is 13.1 Å². The lowest BCUT2D eigenvalue weighted by molar-refractivity contribution is 0.410. The monoisotopic (exact) mass is 457 g/mol. The Hall–Kier alpha value is -3.65. The topological polar surface area (TPSA) is 114 Å². The van der Waals surface area contributed by atoms with Crippen molar-refractivity contribution in [3.05, 3.63) is 71.5 Å². The first-order valence-electron chi connectivity index (χ1n) is 11.9. The molecule has 1 saturated carbocycles. The summed E-state index contributed by atoms with van der Waals surface area (Å²) in [6.07, 6.45) is 5.83. The molecule has 0 radical (unpaired) electrons. The highest BCUT2D eigenvalue weighted by molar-refractivity contribution is 5.84. The van der Waals surface area contributed by atoms with Gasteiger partial charge in [0, 0.05) is 24.2 Å². The summed E-state index contributed by atoms with van der Waals surface area (Å²) in [5.74, 6) is 1.53. The summed E-state index contributed by atoms with van der Waals surface area (Å²) in [6.45, 7) is 3.00. The molecule has 176 valence electrons. The molecule has 4 aromatic rings. The number of para-hydroxylation sites is 1. The maximum Gasteiger partial charge on any atom is 0.227 e. The third-order valence-electron chi connectivity index (χ3n) is 6.53. The van der Waals surface area contributed by atoms with E-state index in [1.807, 2.05) is 54.2 Å². The number of phenolic OH excluding ortho intramolecular Hbond substituents is 1. The zero-order chi connectivity index (χ0) is 23.5. The lowest BCUT2D eigenvalue weighted by Crippen LogP contribution is -2.33. The van der Waals surface area contributed by atoms with Gasteiger partial charge < -0.3 is 26.0 Å². The number of nitrogens with one attached hydrogen (secondary N) is 2. The summed E-state index contributed by atoms with van der Waals surface area (Å²) in [6, 6.07) is 16.6. The van der Waals surface area contributed by atoms with Gasteiger partial charge in [-0.05, 0) is 43.7 Å². The van der Waals surface area contributed by atoms with E-state index in [0.717, 1.165) is 42.5 Å². The average molecular weight is 458 g/mol. The summed E-state index contributed by atoms with van der Waals surface area (Å²) >= 11 is 0. The van der Waals surface area contributed by atoms with Gasteiger partial charge in [-0.25, -0.2) is 4.98 Å². The van der Waals surface area contributed by atoms with E-state index in [9.17, 15) is 5.11 Å². The predicted molar refractivity (Wildman–Crippen MR) is 135 cm³/mol. The first kappa shape index (κ1) is 22.2. The molecule has 0 atom stereocenters. The number of hydrogen-bond donors (Lipinski definition) is 4. The Morgan fingerprint density at radius 2 is 1.82 bits per heavy atom. The van der Waals surface area contributed by atoms with Crippen molar-refractivity contribution in [2.45, 2.75) is 57.8 Å². The van der Waals surface area contributed by atoms with Crippen molar-refractivity contribution in [2.24, 2.45) is 5.73 Å². The van der Waals surface area contributed by atoms with Crippen LogP contribution in [0.15, 0.2) is 54.9 Å². The number of anilines is 2. The van der Waals surface area contributed by atoms with Crippen molar-refractivity contribution in [1.82, 2.24) is 19.5 Å². The van der Waals surface area contributed by atoms with E-state index in [4.69, 9.17) is 15.7 Å². The Morgan fingerprint density at radius 1 is 1.03 bits per heavy atom. The molecular weight excluding hydrogens is 426 g/mol. The number of nitrogens with two attached hydrogens (primary N) is 1. The Balaban J connectivity index is 1.46. The number of aryl methyl sites for hydroxylation is 1. The Kier molecular flexibility index (Phi) is 6.31. The van der Waals surface area contributed by atoms with Crippen LogP contribution < -0.4 is 16.4 Å². The lowest BCUT2D eigenvalue weighted by atomic mass is 9.92. The minimum Gasteiger partial charge on any atom is -0.507 e. The van der Waals surface area contributed by atoms with Gasteiger partial charge in [-0.3, -0.25) is 0 Å². The molecule has 5 N–H and O–H groups in total. The van der Waals surface area contributed by atoms with Gasteiger partial charge in [-0.2, -0.15) is 9.97 Å². The summed E-state index contributed by atoms with van der Waals surface area (Å²) in [5.41, 5.74) is 10.4. The largest absolute Gasteiger partial charge is 0.507 e. The molecule has 8 heteroatoms. The van der Waals surface area contributed by atoms with Crippen LogP contribution >= 0.6 is 0 Å². The third kappa shape index (κ3) is 4.82. The maximum atomic E-state index is 10.4. The number of aromatic hydroxyl groups is 1. The molecule has 2 heterocycles. The molecule has 34 heavy (non-hydrogen) atoms. The van der Waals surface area contributed by atoms with Crippen molar-refractivity contribution in [3.8, 4) is 5.75 Å². The second kappa shape index (κ2) is 9.69. The summed E-state index contributed by atoms with van der Waals surface area (Å²) < 4.78 is 2.05.